The first-order valence-electron chi connectivity index (χ1n) is 8.65. The average molecular weight is 402 g/mol. The van der Waals surface area contributed by atoms with Crippen molar-refractivity contribution in [3.63, 3.8) is 0 Å². The molecule has 1 fully saturated rings. The number of amides is 1. The second kappa shape index (κ2) is 8.83. The van der Waals surface area contributed by atoms with E-state index in [2.05, 4.69) is 30.0 Å². The molecule has 0 aliphatic carbocycles. The van der Waals surface area contributed by atoms with Crippen LogP contribution in [0.5, 0.6) is 0 Å². The Balaban J connectivity index is 0.00000121. The second-order valence-electron chi connectivity index (χ2n) is 6.61. The summed E-state index contributed by atoms with van der Waals surface area (Å²) < 4.78 is 2.10. The number of likely N-dealkylation sites (tertiary alicyclic amines) is 1. The van der Waals surface area contributed by atoms with Crippen molar-refractivity contribution < 1.29 is 4.79 Å². The summed E-state index contributed by atoms with van der Waals surface area (Å²) in [6, 6.07) is 0. The molecule has 0 saturated carbocycles. The lowest BCUT2D eigenvalue weighted by Gasteiger charge is -2.30. The highest BCUT2D eigenvalue weighted by Gasteiger charge is 2.29. The molecule has 1 unspecified atom stereocenters. The molecule has 0 bridgehead atoms. The highest BCUT2D eigenvalue weighted by Crippen LogP contribution is 2.25. The van der Waals surface area contributed by atoms with Crippen LogP contribution in [0.3, 0.4) is 0 Å². The number of piperidine rings is 1. The van der Waals surface area contributed by atoms with Crippen LogP contribution in [0.15, 0.2) is 6.20 Å². The van der Waals surface area contributed by atoms with E-state index in [0.717, 1.165) is 62.9 Å². The number of aryl methyl sites for hydroxylation is 1. The maximum atomic E-state index is 12.9. The van der Waals surface area contributed by atoms with Gasteiger partial charge in [-0.1, -0.05) is 0 Å². The van der Waals surface area contributed by atoms with Crippen molar-refractivity contribution in [2.75, 3.05) is 26.2 Å². The van der Waals surface area contributed by atoms with E-state index in [9.17, 15) is 4.79 Å². The molecule has 8 nitrogen and oxygen atoms in total. The molecule has 2 aromatic heterocycles. The predicted octanol–water partition coefficient (Wildman–Crippen LogP) is 1.32. The quantitative estimate of drug-likeness (QED) is 0.791. The van der Waals surface area contributed by atoms with Crippen LogP contribution in [0.25, 0.3) is 0 Å². The standard InChI is InChI=1S/C16H23N7O.2ClH/c1-11-18-15(21-20-11)12-3-2-7-23(9-12)16(24)13-10-22-8-6-17-5-4-14(22)19-13;;/h10,12,17H,2-9H2,1H3,(H,18,20,21);2*1H. The van der Waals surface area contributed by atoms with Gasteiger partial charge in [0.15, 0.2) is 5.82 Å². The van der Waals surface area contributed by atoms with Gasteiger partial charge < -0.3 is 14.8 Å². The SMILES string of the molecule is Cc1nc(C2CCCN(C(=O)c3cn4c(n3)CCNCC4)C2)n[nH]1.Cl.Cl. The molecule has 0 radical (unpaired) electrons. The van der Waals surface area contributed by atoms with E-state index >= 15 is 0 Å². The normalized spacial score (nSPS) is 19.7. The molecule has 4 heterocycles. The Morgan fingerprint density at radius 3 is 2.85 bits per heavy atom. The van der Waals surface area contributed by atoms with E-state index in [1.54, 1.807) is 0 Å². The van der Waals surface area contributed by atoms with Crippen LogP contribution in [0.2, 0.25) is 0 Å². The van der Waals surface area contributed by atoms with Gasteiger partial charge in [-0.05, 0) is 19.8 Å². The Labute approximate surface area is 165 Å². The lowest BCUT2D eigenvalue weighted by Crippen LogP contribution is -2.39. The minimum Gasteiger partial charge on any atom is -0.337 e. The van der Waals surface area contributed by atoms with E-state index in [1.807, 2.05) is 18.0 Å². The molecule has 144 valence electrons. The van der Waals surface area contributed by atoms with Crippen molar-refractivity contribution in [2.24, 2.45) is 0 Å². The van der Waals surface area contributed by atoms with E-state index in [1.165, 1.54) is 0 Å². The molecule has 2 aromatic rings. The number of hydrogen-bond donors (Lipinski definition) is 2. The van der Waals surface area contributed by atoms with Crippen LogP contribution in [-0.4, -0.2) is 61.7 Å². The van der Waals surface area contributed by atoms with Crippen LogP contribution in [0.4, 0.5) is 0 Å². The second-order valence-corrected chi connectivity index (χ2v) is 6.61. The molecule has 2 aliphatic rings. The van der Waals surface area contributed by atoms with Crippen molar-refractivity contribution in [1.82, 2.24) is 34.9 Å². The molecule has 1 amide bonds. The van der Waals surface area contributed by atoms with E-state index < -0.39 is 0 Å². The highest BCUT2D eigenvalue weighted by molar-refractivity contribution is 5.92. The van der Waals surface area contributed by atoms with Crippen LogP contribution < -0.4 is 5.32 Å². The van der Waals surface area contributed by atoms with Gasteiger partial charge in [0.2, 0.25) is 0 Å². The van der Waals surface area contributed by atoms with E-state index in [4.69, 9.17) is 0 Å². The Hall–Kier alpha value is -1.64. The Bertz CT molecular complexity index is 721. The van der Waals surface area contributed by atoms with Crippen LogP contribution in [-0.2, 0) is 13.0 Å². The fraction of sp³-hybridized carbons (Fsp3) is 0.625. The summed E-state index contributed by atoms with van der Waals surface area (Å²) in [6.07, 6.45) is 4.77. The molecular weight excluding hydrogens is 377 g/mol. The molecule has 1 saturated heterocycles. The molecule has 2 N–H and O–H groups in total. The number of rotatable bonds is 2. The van der Waals surface area contributed by atoms with Gasteiger partial charge >= 0.3 is 0 Å². The van der Waals surface area contributed by atoms with Crippen molar-refractivity contribution in [3.8, 4) is 0 Å². The van der Waals surface area contributed by atoms with Crippen molar-refractivity contribution in [3.05, 3.63) is 29.4 Å². The zero-order valence-electron chi connectivity index (χ0n) is 14.8. The van der Waals surface area contributed by atoms with Gasteiger partial charge in [-0.3, -0.25) is 9.89 Å². The third-order valence-corrected chi connectivity index (χ3v) is 4.82. The number of nitrogens with one attached hydrogen (secondary N) is 2. The number of H-pyrrole nitrogens is 1. The van der Waals surface area contributed by atoms with Gasteiger partial charge in [-0.15, -0.1) is 24.8 Å². The highest BCUT2D eigenvalue weighted by atomic mass is 35.5. The number of halogens is 2. The monoisotopic (exact) mass is 401 g/mol. The number of carbonyl (C=O) groups is 1. The molecule has 4 rings (SSSR count). The Kier molecular flexibility index (Phi) is 7.02. The van der Waals surface area contributed by atoms with Gasteiger partial charge in [-0.25, -0.2) is 9.97 Å². The zero-order valence-corrected chi connectivity index (χ0v) is 16.4. The molecule has 0 aromatic carbocycles. The Morgan fingerprint density at radius 1 is 1.23 bits per heavy atom. The van der Waals surface area contributed by atoms with Gasteiger partial charge in [0.05, 0.1) is 0 Å². The first-order chi connectivity index (χ1) is 11.7. The molecule has 10 heteroatoms. The summed E-state index contributed by atoms with van der Waals surface area (Å²) in [5.41, 5.74) is 0.568. The molecule has 1 atom stereocenters. The van der Waals surface area contributed by atoms with Gasteiger partial charge in [-0.2, -0.15) is 5.10 Å². The number of hydrogen-bond acceptors (Lipinski definition) is 5. The lowest BCUT2D eigenvalue weighted by molar-refractivity contribution is 0.0699. The van der Waals surface area contributed by atoms with Crippen LogP contribution >= 0.6 is 24.8 Å². The van der Waals surface area contributed by atoms with Crippen molar-refractivity contribution in [1.29, 1.82) is 0 Å². The first kappa shape index (κ1) is 20.7. The first-order valence-corrected chi connectivity index (χ1v) is 8.65. The molecular formula is C16H25Cl2N7O. The molecule has 0 spiro atoms. The van der Waals surface area contributed by atoms with Gasteiger partial charge in [0, 0.05) is 51.3 Å². The number of nitrogens with zero attached hydrogens (tertiary/aromatic N) is 5. The average Bonchev–Trinajstić information content (AvgIpc) is 3.15. The summed E-state index contributed by atoms with van der Waals surface area (Å²) in [7, 11) is 0. The maximum Gasteiger partial charge on any atom is 0.274 e. The fourth-order valence-corrected chi connectivity index (χ4v) is 3.55. The van der Waals surface area contributed by atoms with Crippen molar-refractivity contribution in [2.45, 2.75) is 38.6 Å². The molecule has 26 heavy (non-hydrogen) atoms. The molecule has 2 aliphatic heterocycles. The minimum atomic E-state index is 0. The van der Waals surface area contributed by atoms with Crippen LogP contribution in [0, 0.1) is 6.92 Å². The third-order valence-electron chi connectivity index (χ3n) is 4.82. The minimum absolute atomic E-state index is 0. The number of imidazole rings is 1. The largest absolute Gasteiger partial charge is 0.337 e. The summed E-state index contributed by atoms with van der Waals surface area (Å²) >= 11 is 0. The zero-order chi connectivity index (χ0) is 16.5. The van der Waals surface area contributed by atoms with Crippen LogP contribution in [0.1, 0.15) is 46.7 Å². The topological polar surface area (TPSA) is 91.7 Å². The smallest absolute Gasteiger partial charge is 0.274 e. The summed E-state index contributed by atoms with van der Waals surface area (Å²) in [6.45, 7) is 6.06. The Morgan fingerprint density at radius 2 is 2.08 bits per heavy atom. The lowest BCUT2D eigenvalue weighted by atomic mass is 9.97. The van der Waals surface area contributed by atoms with Crippen molar-refractivity contribution >= 4 is 30.7 Å². The maximum absolute atomic E-state index is 12.9. The number of fused-ring (bicyclic) bond motifs is 1. The van der Waals surface area contributed by atoms with Gasteiger partial charge in [0.1, 0.15) is 17.3 Å². The number of aromatic nitrogens is 5. The summed E-state index contributed by atoms with van der Waals surface area (Å²) in [4.78, 5) is 23.8. The summed E-state index contributed by atoms with van der Waals surface area (Å²) in [5.74, 6) is 2.87. The van der Waals surface area contributed by atoms with Gasteiger partial charge in [0.25, 0.3) is 5.91 Å². The predicted molar refractivity (Wildman–Crippen MR) is 102 cm³/mol. The number of aromatic amines is 1. The van der Waals surface area contributed by atoms with E-state index in [-0.39, 0.29) is 36.6 Å². The third kappa shape index (κ3) is 4.19. The van der Waals surface area contributed by atoms with E-state index in [0.29, 0.717) is 12.2 Å². The summed E-state index contributed by atoms with van der Waals surface area (Å²) in [5, 5.41) is 10.5. The fourth-order valence-electron chi connectivity index (χ4n) is 3.55. The number of carbonyl (C=O) groups excluding carboxylic acids is 1.